The maximum absolute atomic E-state index is 13.1. The van der Waals surface area contributed by atoms with Crippen LogP contribution in [0.15, 0.2) is 29.6 Å². The Balaban J connectivity index is 1.09. The van der Waals surface area contributed by atoms with Crippen molar-refractivity contribution in [1.29, 1.82) is 0 Å². The van der Waals surface area contributed by atoms with Crippen molar-refractivity contribution in [2.24, 2.45) is 5.92 Å². The molecule has 0 spiro atoms. The van der Waals surface area contributed by atoms with Crippen molar-refractivity contribution in [3.8, 4) is 0 Å². The molecule has 3 amide bonds. The van der Waals surface area contributed by atoms with Crippen molar-refractivity contribution in [1.82, 2.24) is 14.8 Å². The van der Waals surface area contributed by atoms with Gasteiger partial charge in [0.15, 0.2) is 5.13 Å². The van der Waals surface area contributed by atoms with E-state index in [1.165, 1.54) is 23.8 Å². The summed E-state index contributed by atoms with van der Waals surface area (Å²) in [6, 6.07) is 5.38. The molecule has 216 valence electrons. The highest BCUT2D eigenvalue weighted by molar-refractivity contribution is 7.13. The van der Waals surface area contributed by atoms with Crippen molar-refractivity contribution < 1.29 is 27.6 Å². The van der Waals surface area contributed by atoms with Gasteiger partial charge in [0.05, 0.1) is 17.7 Å². The molecule has 0 radical (unpaired) electrons. The van der Waals surface area contributed by atoms with Crippen LogP contribution in [0.4, 0.5) is 24.0 Å². The minimum atomic E-state index is -4.40. The third-order valence-corrected chi connectivity index (χ3v) is 8.65. The van der Waals surface area contributed by atoms with E-state index in [4.69, 9.17) is 0 Å². The molecule has 0 bridgehead atoms. The molecule has 1 aromatic carbocycles. The van der Waals surface area contributed by atoms with Crippen LogP contribution in [0.2, 0.25) is 0 Å². The van der Waals surface area contributed by atoms with Gasteiger partial charge >= 0.3 is 6.18 Å². The molecule has 5 rings (SSSR count). The summed E-state index contributed by atoms with van der Waals surface area (Å²) in [6.45, 7) is 1.68. The summed E-state index contributed by atoms with van der Waals surface area (Å²) in [5.74, 6) is -0.290. The van der Waals surface area contributed by atoms with Crippen molar-refractivity contribution >= 4 is 39.9 Å². The molecule has 0 atom stereocenters. The van der Waals surface area contributed by atoms with E-state index in [-0.39, 0.29) is 42.6 Å². The van der Waals surface area contributed by atoms with Crippen molar-refractivity contribution in [2.75, 3.05) is 42.9 Å². The summed E-state index contributed by atoms with van der Waals surface area (Å²) >= 11 is 1.24. The number of nitrogens with one attached hydrogen (secondary N) is 1. The second-order valence-corrected chi connectivity index (χ2v) is 11.7. The molecule has 2 heterocycles. The minimum Gasteiger partial charge on any atom is -0.368 e. The van der Waals surface area contributed by atoms with Gasteiger partial charge in [-0.05, 0) is 43.9 Å². The summed E-state index contributed by atoms with van der Waals surface area (Å²) in [5, 5.41) is 4.91. The Morgan fingerprint density at radius 3 is 2.42 bits per heavy atom. The molecule has 1 N–H and O–H groups in total. The Morgan fingerprint density at radius 2 is 1.75 bits per heavy atom. The lowest BCUT2D eigenvalue weighted by atomic mass is 9.88. The maximum atomic E-state index is 13.1. The largest absolute Gasteiger partial charge is 0.416 e. The number of piperazine rings is 1. The molecule has 0 unspecified atom stereocenters. The number of carbonyl (C=O) groups is 3. The van der Waals surface area contributed by atoms with Gasteiger partial charge in [0.1, 0.15) is 6.54 Å². The zero-order chi connectivity index (χ0) is 28.3. The van der Waals surface area contributed by atoms with E-state index < -0.39 is 11.7 Å². The fourth-order valence-electron chi connectivity index (χ4n) is 5.48. The van der Waals surface area contributed by atoms with Crippen LogP contribution in [0, 0.1) is 5.92 Å². The summed E-state index contributed by atoms with van der Waals surface area (Å²) in [7, 11) is 0. The normalized spacial score (nSPS) is 18.5. The van der Waals surface area contributed by atoms with Gasteiger partial charge in [0.2, 0.25) is 17.7 Å². The predicted octanol–water partition coefficient (Wildman–Crippen LogP) is 4.56. The first-order chi connectivity index (χ1) is 19.2. The SMILES string of the molecule is O=C(CN(C(=O)C1CCCCC1)C1CC1)Nc1nc(CC(=O)N2CCN(c3cccc(C(F)(F)F)c3)CC2)cs1. The van der Waals surface area contributed by atoms with Crippen molar-refractivity contribution in [3.63, 3.8) is 0 Å². The van der Waals surface area contributed by atoms with Crippen LogP contribution in [0.25, 0.3) is 0 Å². The molecule has 1 aliphatic heterocycles. The number of rotatable bonds is 8. The van der Waals surface area contributed by atoms with Gasteiger partial charge in [-0.15, -0.1) is 11.3 Å². The molecule has 40 heavy (non-hydrogen) atoms. The number of hydrogen-bond acceptors (Lipinski definition) is 6. The number of thiazole rings is 1. The summed E-state index contributed by atoms with van der Waals surface area (Å²) in [6.07, 6.45) is 2.63. The lowest BCUT2D eigenvalue weighted by Gasteiger charge is -2.36. The molecule has 8 nitrogen and oxygen atoms in total. The molecule has 3 fully saturated rings. The highest BCUT2D eigenvalue weighted by Gasteiger charge is 2.37. The quantitative estimate of drug-likeness (QED) is 0.497. The second-order valence-electron chi connectivity index (χ2n) is 10.8. The van der Waals surface area contributed by atoms with Crippen molar-refractivity contribution in [3.05, 3.63) is 40.9 Å². The third kappa shape index (κ3) is 7.13. The topological polar surface area (TPSA) is 85.8 Å². The second kappa shape index (κ2) is 12.2. The van der Waals surface area contributed by atoms with Gasteiger partial charge in [-0.3, -0.25) is 14.4 Å². The lowest BCUT2D eigenvalue weighted by molar-refractivity contribution is -0.140. The molecule has 3 aliphatic rings. The van der Waals surface area contributed by atoms with Crippen LogP contribution in [-0.4, -0.2) is 71.3 Å². The summed E-state index contributed by atoms with van der Waals surface area (Å²) < 4.78 is 39.2. The average Bonchev–Trinajstić information content (AvgIpc) is 3.71. The number of benzene rings is 1. The first-order valence-corrected chi connectivity index (χ1v) is 14.8. The zero-order valence-electron chi connectivity index (χ0n) is 22.3. The fraction of sp³-hybridized carbons (Fsp3) is 0.571. The van der Waals surface area contributed by atoms with Crippen LogP contribution < -0.4 is 10.2 Å². The molecule has 1 aromatic heterocycles. The van der Waals surface area contributed by atoms with E-state index in [1.807, 2.05) is 4.90 Å². The molecule has 12 heteroatoms. The Kier molecular flexibility index (Phi) is 8.62. The Labute approximate surface area is 235 Å². The molecule has 2 saturated carbocycles. The Bertz CT molecular complexity index is 1220. The Morgan fingerprint density at radius 1 is 1.02 bits per heavy atom. The van der Waals surface area contributed by atoms with Gasteiger partial charge in [0, 0.05) is 49.2 Å². The first kappa shape index (κ1) is 28.4. The Hall–Kier alpha value is -3.15. The van der Waals surface area contributed by atoms with Gasteiger partial charge in [-0.1, -0.05) is 25.3 Å². The van der Waals surface area contributed by atoms with Gasteiger partial charge in [-0.25, -0.2) is 4.98 Å². The smallest absolute Gasteiger partial charge is 0.368 e. The number of anilines is 2. The van der Waals surface area contributed by atoms with Gasteiger partial charge in [-0.2, -0.15) is 13.2 Å². The van der Waals surface area contributed by atoms with E-state index in [0.29, 0.717) is 42.7 Å². The molecular formula is C28H34F3N5O3S. The fourth-order valence-corrected chi connectivity index (χ4v) is 6.20. The van der Waals surface area contributed by atoms with Crippen LogP contribution >= 0.6 is 11.3 Å². The van der Waals surface area contributed by atoms with Crippen molar-refractivity contribution in [2.45, 2.75) is 63.6 Å². The standard InChI is InChI=1S/C28H34F3N5O3S/c29-28(30,31)20-7-4-8-23(15-20)34-11-13-35(14-12-34)25(38)16-21-18-40-27(32-21)33-24(37)17-36(22-9-10-22)26(39)19-5-2-1-3-6-19/h4,7-8,15,18-19,22H,1-3,5-6,9-14,16-17H2,(H,32,33,37). The maximum Gasteiger partial charge on any atom is 0.416 e. The number of hydrogen-bond donors (Lipinski definition) is 1. The number of aromatic nitrogens is 1. The summed E-state index contributed by atoms with van der Waals surface area (Å²) in [4.78, 5) is 48.4. The zero-order valence-corrected chi connectivity index (χ0v) is 23.1. The van der Waals surface area contributed by atoms with E-state index in [0.717, 1.165) is 50.7 Å². The van der Waals surface area contributed by atoms with Gasteiger partial charge < -0.3 is 20.0 Å². The molecule has 2 aromatic rings. The first-order valence-electron chi connectivity index (χ1n) is 13.9. The molecule has 1 saturated heterocycles. The lowest BCUT2D eigenvalue weighted by Crippen LogP contribution is -2.49. The number of alkyl halides is 3. The van der Waals surface area contributed by atoms with Crippen LogP contribution in [-0.2, 0) is 27.0 Å². The van der Waals surface area contributed by atoms with Crippen LogP contribution in [0.3, 0.4) is 0 Å². The predicted molar refractivity (Wildman–Crippen MR) is 146 cm³/mol. The number of halogens is 3. The minimum absolute atomic E-state index is 0.0179. The van der Waals surface area contributed by atoms with E-state index >= 15 is 0 Å². The highest BCUT2D eigenvalue weighted by Crippen LogP contribution is 2.33. The number of carbonyl (C=O) groups excluding carboxylic acids is 3. The highest BCUT2D eigenvalue weighted by atomic mass is 32.1. The number of amides is 3. The molecule has 2 aliphatic carbocycles. The number of nitrogens with zero attached hydrogens (tertiary/aromatic N) is 4. The van der Waals surface area contributed by atoms with Gasteiger partial charge in [0.25, 0.3) is 0 Å². The third-order valence-electron chi connectivity index (χ3n) is 7.84. The van der Waals surface area contributed by atoms with Crippen LogP contribution in [0.5, 0.6) is 0 Å². The van der Waals surface area contributed by atoms with E-state index in [2.05, 4.69) is 10.3 Å². The molecular weight excluding hydrogens is 543 g/mol. The average molecular weight is 578 g/mol. The monoisotopic (exact) mass is 577 g/mol. The van der Waals surface area contributed by atoms with E-state index in [9.17, 15) is 27.6 Å². The van der Waals surface area contributed by atoms with E-state index in [1.54, 1.807) is 21.2 Å². The summed E-state index contributed by atoms with van der Waals surface area (Å²) in [5.41, 5.74) is 0.344. The van der Waals surface area contributed by atoms with Crippen LogP contribution in [0.1, 0.15) is 56.2 Å².